The van der Waals surface area contributed by atoms with E-state index in [0.717, 1.165) is 33.9 Å². The van der Waals surface area contributed by atoms with Crippen molar-refractivity contribution in [1.82, 2.24) is 19.9 Å². The third-order valence-electron chi connectivity index (χ3n) is 3.59. The van der Waals surface area contributed by atoms with Crippen molar-refractivity contribution < 1.29 is 0 Å². The minimum Gasteiger partial charge on any atom is -0.379 e. The van der Waals surface area contributed by atoms with Crippen LogP contribution in [-0.4, -0.2) is 19.9 Å². The highest BCUT2D eigenvalue weighted by Crippen LogP contribution is 2.24. The van der Waals surface area contributed by atoms with Gasteiger partial charge in [0, 0.05) is 16.8 Å². The zero-order valence-corrected chi connectivity index (χ0v) is 12.9. The zero-order chi connectivity index (χ0) is 15.0. The molecule has 3 rings (SSSR count). The molecule has 0 radical (unpaired) electrons. The molecule has 0 aliphatic heterocycles. The number of aromatic nitrogens is 4. The number of nitrogens with zero attached hydrogens (tertiary/aromatic N) is 2. The first-order valence-electron chi connectivity index (χ1n) is 7.16. The average Bonchev–Trinajstić information content (AvgIpc) is 3.01. The van der Waals surface area contributed by atoms with E-state index in [-0.39, 0.29) is 5.41 Å². The molecule has 2 heterocycles. The molecule has 2 aromatic heterocycles. The molecule has 5 nitrogen and oxygen atoms in total. The maximum absolute atomic E-state index is 4.65. The van der Waals surface area contributed by atoms with Gasteiger partial charge in [-0.25, -0.2) is 9.97 Å². The smallest absolute Gasteiger partial charge is 0.112 e. The van der Waals surface area contributed by atoms with Gasteiger partial charge >= 0.3 is 0 Å². The lowest BCUT2D eigenvalue weighted by molar-refractivity contribution is 0.554. The fourth-order valence-corrected chi connectivity index (χ4v) is 2.23. The van der Waals surface area contributed by atoms with E-state index in [1.165, 1.54) is 0 Å². The van der Waals surface area contributed by atoms with Crippen molar-refractivity contribution in [1.29, 1.82) is 0 Å². The summed E-state index contributed by atoms with van der Waals surface area (Å²) in [6.45, 7) is 9.21. The van der Waals surface area contributed by atoms with E-state index < -0.39 is 0 Å². The number of hydrogen-bond acceptors (Lipinski definition) is 3. The molecule has 0 saturated carbocycles. The maximum atomic E-state index is 4.65. The molecular formula is C16H21N5. The Hall–Kier alpha value is -2.30. The van der Waals surface area contributed by atoms with Crippen LogP contribution in [0.3, 0.4) is 0 Å². The Morgan fingerprint density at radius 2 is 2.05 bits per heavy atom. The van der Waals surface area contributed by atoms with Gasteiger partial charge in [-0.1, -0.05) is 20.8 Å². The largest absolute Gasteiger partial charge is 0.379 e. The monoisotopic (exact) mass is 283 g/mol. The Kier molecular flexibility index (Phi) is 3.20. The molecule has 5 heteroatoms. The van der Waals surface area contributed by atoms with Crippen LogP contribution in [0.25, 0.3) is 11.0 Å². The van der Waals surface area contributed by atoms with E-state index >= 15 is 0 Å². The van der Waals surface area contributed by atoms with E-state index in [0.29, 0.717) is 6.54 Å². The third kappa shape index (κ3) is 2.77. The zero-order valence-electron chi connectivity index (χ0n) is 12.9. The first kappa shape index (κ1) is 13.7. The molecule has 21 heavy (non-hydrogen) atoms. The Morgan fingerprint density at radius 3 is 2.71 bits per heavy atom. The van der Waals surface area contributed by atoms with Gasteiger partial charge in [0.05, 0.1) is 29.6 Å². The highest BCUT2D eigenvalue weighted by atomic mass is 15.0. The Labute approximate surface area is 124 Å². The molecule has 3 N–H and O–H groups in total. The molecule has 110 valence electrons. The number of nitrogens with one attached hydrogen (secondary N) is 3. The van der Waals surface area contributed by atoms with Gasteiger partial charge in [0.1, 0.15) is 5.82 Å². The highest BCUT2D eigenvalue weighted by Gasteiger charge is 2.18. The summed E-state index contributed by atoms with van der Waals surface area (Å²) in [6.07, 6.45) is 1.72. The Bertz CT molecular complexity index is 760. The molecular weight excluding hydrogens is 262 g/mol. The summed E-state index contributed by atoms with van der Waals surface area (Å²) in [5.41, 5.74) is 5.29. The van der Waals surface area contributed by atoms with Gasteiger partial charge in [-0.05, 0) is 25.1 Å². The molecule has 0 spiro atoms. The molecule has 0 saturated heterocycles. The van der Waals surface area contributed by atoms with Gasteiger partial charge in [-0.15, -0.1) is 0 Å². The summed E-state index contributed by atoms with van der Waals surface area (Å²) in [4.78, 5) is 15.4. The summed E-state index contributed by atoms with van der Waals surface area (Å²) >= 11 is 0. The van der Waals surface area contributed by atoms with Crippen molar-refractivity contribution in [2.75, 3.05) is 5.32 Å². The number of imidazole rings is 2. The van der Waals surface area contributed by atoms with E-state index in [2.05, 4.69) is 58.2 Å². The van der Waals surface area contributed by atoms with E-state index in [9.17, 15) is 0 Å². The quantitative estimate of drug-likeness (QED) is 0.689. The van der Waals surface area contributed by atoms with Crippen LogP contribution in [0.15, 0.2) is 24.5 Å². The van der Waals surface area contributed by atoms with E-state index in [4.69, 9.17) is 0 Å². The number of anilines is 1. The molecule has 0 aliphatic rings. The standard InChI is InChI=1S/C16H21N5/c1-10-14(19-9-18-10)8-17-11-5-6-12-13(7-11)21-15(20-12)16(2,3)4/h5-7,9,17H,8H2,1-4H3,(H,18,19)(H,20,21). The lowest BCUT2D eigenvalue weighted by Crippen LogP contribution is -2.12. The second-order valence-electron chi connectivity index (χ2n) is 6.40. The molecule has 0 amide bonds. The van der Waals surface area contributed by atoms with Crippen LogP contribution in [0.2, 0.25) is 0 Å². The van der Waals surface area contributed by atoms with Gasteiger partial charge in [0.25, 0.3) is 0 Å². The first-order valence-corrected chi connectivity index (χ1v) is 7.16. The van der Waals surface area contributed by atoms with Crippen molar-refractivity contribution in [2.45, 2.75) is 39.7 Å². The number of fused-ring (bicyclic) bond motifs is 1. The van der Waals surface area contributed by atoms with Gasteiger partial charge in [0.2, 0.25) is 0 Å². The SMILES string of the molecule is Cc1[nH]cnc1CNc1ccc2nc(C(C)(C)C)[nH]c2c1. The summed E-state index contributed by atoms with van der Waals surface area (Å²) in [5.74, 6) is 1.01. The summed E-state index contributed by atoms with van der Waals surface area (Å²) in [5, 5.41) is 3.40. The Morgan fingerprint density at radius 1 is 1.24 bits per heavy atom. The van der Waals surface area contributed by atoms with Crippen LogP contribution in [-0.2, 0) is 12.0 Å². The molecule has 0 aliphatic carbocycles. The van der Waals surface area contributed by atoms with Crippen molar-refractivity contribution in [2.24, 2.45) is 0 Å². The minimum atomic E-state index is 0.0266. The predicted molar refractivity (Wildman–Crippen MR) is 85.4 cm³/mol. The number of hydrogen-bond donors (Lipinski definition) is 3. The second-order valence-corrected chi connectivity index (χ2v) is 6.40. The first-order chi connectivity index (χ1) is 9.93. The molecule has 1 aromatic carbocycles. The third-order valence-corrected chi connectivity index (χ3v) is 3.59. The fourth-order valence-electron chi connectivity index (χ4n) is 2.23. The van der Waals surface area contributed by atoms with Crippen LogP contribution in [0.4, 0.5) is 5.69 Å². The van der Waals surface area contributed by atoms with Crippen LogP contribution < -0.4 is 5.32 Å². The van der Waals surface area contributed by atoms with Crippen molar-refractivity contribution in [3.8, 4) is 0 Å². The molecule has 0 bridgehead atoms. The lowest BCUT2D eigenvalue weighted by atomic mass is 9.96. The number of rotatable bonds is 3. The van der Waals surface area contributed by atoms with Crippen LogP contribution in [0.1, 0.15) is 38.0 Å². The van der Waals surface area contributed by atoms with Crippen LogP contribution in [0.5, 0.6) is 0 Å². The number of H-pyrrole nitrogens is 2. The Balaban J connectivity index is 1.82. The van der Waals surface area contributed by atoms with Crippen molar-refractivity contribution >= 4 is 16.7 Å². The number of aromatic amines is 2. The fraction of sp³-hybridized carbons (Fsp3) is 0.375. The van der Waals surface area contributed by atoms with Gasteiger partial charge in [0.15, 0.2) is 0 Å². The topological polar surface area (TPSA) is 69.4 Å². The maximum Gasteiger partial charge on any atom is 0.112 e. The number of aryl methyl sites for hydroxylation is 1. The molecule has 0 fully saturated rings. The predicted octanol–water partition coefficient (Wildman–Crippen LogP) is 3.50. The highest BCUT2D eigenvalue weighted by molar-refractivity contribution is 5.79. The summed E-state index contributed by atoms with van der Waals surface area (Å²) < 4.78 is 0. The van der Waals surface area contributed by atoms with Crippen LogP contribution >= 0.6 is 0 Å². The van der Waals surface area contributed by atoms with Gasteiger partial charge in [-0.2, -0.15) is 0 Å². The summed E-state index contributed by atoms with van der Waals surface area (Å²) in [7, 11) is 0. The molecule has 0 atom stereocenters. The average molecular weight is 283 g/mol. The van der Waals surface area contributed by atoms with Crippen molar-refractivity contribution in [3.63, 3.8) is 0 Å². The number of benzene rings is 1. The van der Waals surface area contributed by atoms with E-state index in [1.54, 1.807) is 6.33 Å². The van der Waals surface area contributed by atoms with Gasteiger partial charge in [-0.3, -0.25) is 0 Å². The van der Waals surface area contributed by atoms with Crippen molar-refractivity contribution in [3.05, 3.63) is 41.7 Å². The van der Waals surface area contributed by atoms with E-state index in [1.807, 2.05) is 13.0 Å². The second kappa shape index (κ2) is 4.91. The van der Waals surface area contributed by atoms with Crippen LogP contribution in [0, 0.1) is 6.92 Å². The summed E-state index contributed by atoms with van der Waals surface area (Å²) in [6, 6.07) is 6.19. The lowest BCUT2D eigenvalue weighted by Gasteiger charge is -2.13. The normalized spacial score (nSPS) is 12.0. The van der Waals surface area contributed by atoms with Gasteiger partial charge < -0.3 is 15.3 Å². The molecule has 3 aromatic rings. The molecule has 0 unspecified atom stereocenters. The minimum absolute atomic E-state index is 0.0266.